The van der Waals surface area contributed by atoms with Gasteiger partial charge in [-0.2, -0.15) is 15.8 Å². The SMILES string of the molecule is CC1(C)CC(/C(C#N)=C2/CC(C)(C)C(C)(C#N)N2)=NC1(C)C#N. The molecule has 0 aromatic carbocycles. The summed E-state index contributed by atoms with van der Waals surface area (Å²) in [5, 5.41) is 31.9. The van der Waals surface area contributed by atoms with E-state index in [2.05, 4.69) is 28.5 Å². The van der Waals surface area contributed by atoms with Gasteiger partial charge in [0, 0.05) is 16.5 Å². The van der Waals surface area contributed by atoms with E-state index >= 15 is 0 Å². The minimum absolute atomic E-state index is 0.285. The Hall–Kier alpha value is -2.32. The molecular weight excluding hydrogens is 286 g/mol. The minimum Gasteiger partial charge on any atom is -0.369 e. The summed E-state index contributed by atoms with van der Waals surface area (Å²) in [6.07, 6.45) is 1.19. The molecule has 0 bridgehead atoms. The first-order valence-corrected chi connectivity index (χ1v) is 7.78. The molecule has 0 aromatic rings. The third-order valence-electron chi connectivity index (χ3n) is 5.80. The molecule has 2 atom stereocenters. The van der Waals surface area contributed by atoms with Crippen LogP contribution in [0.1, 0.15) is 54.4 Å². The first-order valence-electron chi connectivity index (χ1n) is 7.78. The highest BCUT2D eigenvalue weighted by Gasteiger charge is 2.51. The molecule has 2 rings (SSSR count). The molecule has 0 saturated carbocycles. The fourth-order valence-corrected chi connectivity index (χ4v) is 3.14. The molecule has 1 fully saturated rings. The van der Waals surface area contributed by atoms with E-state index < -0.39 is 11.1 Å². The van der Waals surface area contributed by atoms with Gasteiger partial charge < -0.3 is 5.32 Å². The fraction of sp³-hybridized carbons (Fsp3) is 0.667. The summed E-state index contributed by atoms with van der Waals surface area (Å²) in [6.45, 7) is 11.7. The molecule has 2 unspecified atom stereocenters. The lowest BCUT2D eigenvalue weighted by molar-refractivity contribution is 0.264. The van der Waals surface area contributed by atoms with Crippen molar-refractivity contribution < 1.29 is 0 Å². The van der Waals surface area contributed by atoms with Crippen molar-refractivity contribution in [1.29, 1.82) is 15.8 Å². The van der Waals surface area contributed by atoms with Gasteiger partial charge in [-0.1, -0.05) is 27.7 Å². The second-order valence-electron chi connectivity index (χ2n) is 8.19. The number of rotatable bonds is 1. The maximum atomic E-state index is 9.68. The number of aliphatic imine (C=N–C) groups is 1. The van der Waals surface area contributed by atoms with Crippen molar-refractivity contribution in [3.05, 3.63) is 11.3 Å². The van der Waals surface area contributed by atoms with E-state index in [1.54, 1.807) is 0 Å². The van der Waals surface area contributed by atoms with Crippen LogP contribution in [0, 0.1) is 44.8 Å². The van der Waals surface area contributed by atoms with Crippen LogP contribution >= 0.6 is 0 Å². The Morgan fingerprint density at radius 1 is 0.957 bits per heavy atom. The molecule has 0 aromatic heterocycles. The quantitative estimate of drug-likeness (QED) is 0.752. The summed E-state index contributed by atoms with van der Waals surface area (Å²) < 4.78 is 0. The van der Waals surface area contributed by atoms with Crippen molar-refractivity contribution in [3.8, 4) is 18.2 Å². The van der Waals surface area contributed by atoms with E-state index in [0.29, 0.717) is 24.1 Å². The van der Waals surface area contributed by atoms with Crippen LogP contribution in [0.2, 0.25) is 0 Å². The van der Waals surface area contributed by atoms with Crippen LogP contribution < -0.4 is 5.32 Å². The Morgan fingerprint density at radius 3 is 1.96 bits per heavy atom. The molecule has 0 spiro atoms. The summed E-state index contributed by atoms with van der Waals surface area (Å²) in [5.74, 6) is 0. The van der Waals surface area contributed by atoms with Gasteiger partial charge in [-0.15, -0.1) is 0 Å². The molecule has 5 nitrogen and oxygen atoms in total. The third-order valence-corrected chi connectivity index (χ3v) is 5.80. The molecule has 2 aliphatic rings. The van der Waals surface area contributed by atoms with Crippen molar-refractivity contribution in [2.75, 3.05) is 0 Å². The van der Waals surface area contributed by atoms with Gasteiger partial charge in [0.15, 0.2) is 0 Å². The Kier molecular flexibility index (Phi) is 3.58. The Labute approximate surface area is 138 Å². The zero-order valence-corrected chi connectivity index (χ0v) is 14.7. The lowest BCUT2D eigenvalue weighted by Crippen LogP contribution is -2.44. The van der Waals surface area contributed by atoms with Gasteiger partial charge in [-0.3, -0.25) is 4.99 Å². The first kappa shape index (κ1) is 17.0. The van der Waals surface area contributed by atoms with Crippen molar-refractivity contribution in [1.82, 2.24) is 5.32 Å². The van der Waals surface area contributed by atoms with Gasteiger partial charge in [-0.25, -0.2) is 0 Å². The third kappa shape index (κ3) is 2.30. The van der Waals surface area contributed by atoms with E-state index in [0.717, 1.165) is 5.70 Å². The van der Waals surface area contributed by atoms with E-state index in [-0.39, 0.29) is 10.8 Å². The predicted molar refractivity (Wildman–Crippen MR) is 88.0 cm³/mol. The van der Waals surface area contributed by atoms with E-state index in [9.17, 15) is 15.8 Å². The lowest BCUT2D eigenvalue weighted by Gasteiger charge is -2.30. The van der Waals surface area contributed by atoms with Gasteiger partial charge in [0.25, 0.3) is 0 Å². The molecule has 5 heteroatoms. The van der Waals surface area contributed by atoms with Gasteiger partial charge in [0.05, 0.1) is 23.4 Å². The maximum Gasteiger partial charge on any atom is 0.149 e. The highest BCUT2D eigenvalue weighted by atomic mass is 15.1. The van der Waals surface area contributed by atoms with Crippen LogP contribution in [0.3, 0.4) is 0 Å². The van der Waals surface area contributed by atoms with Crippen LogP contribution in [-0.2, 0) is 0 Å². The van der Waals surface area contributed by atoms with Crippen LogP contribution in [0.25, 0.3) is 0 Å². The molecule has 2 aliphatic heterocycles. The number of allylic oxidation sites excluding steroid dienone is 2. The van der Waals surface area contributed by atoms with Crippen molar-refractivity contribution in [2.45, 2.75) is 65.5 Å². The average Bonchev–Trinajstić information content (AvgIpc) is 2.83. The van der Waals surface area contributed by atoms with Crippen LogP contribution in [0.5, 0.6) is 0 Å². The largest absolute Gasteiger partial charge is 0.369 e. The monoisotopic (exact) mass is 309 g/mol. The normalized spacial score (nSPS) is 36.2. The number of hydrogen-bond acceptors (Lipinski definition) is 5. The summed E-state index contributed by atoms with van der Waals surface area (Å²) in [7, 11) is 0. The van der Waals surface area contributed by atoms with Gasteiger partial charge in [0.2, 0.25) is 0 Å². The summed E-state index contributed by atoms with van der Waals surface area (Å²) in [4.78, 5) is 4.58. The first-order chi connectivity index (χ1) is 10.5. The summed E-state index contributed by atoms with van der Waals surface area (Å²) >= 11 is 0. The number of nitrogens with zero attached hydrogens (tertiary/aromatic N) is 4. The van der Waals surface area contributed by atoms with Crippen LogP contribution in [0.4, 0.5) is 0 Å². The zero-order valence-electron chi connectivity index (χ0n) is 14.7. The second kappa shape index (κ2) is 4.84. The predicted octanol–water partition coefficient (Wildman–Crippen LogP) is 3.22. The van der Waals surface area contributed by atoms with Gasteiger partial charge in [-0.05, 0) is 26.7 Å². The molecular formula is C18H23N5. The average molecular weight is 309 g/mol. The molecule has 23 heavy (non-hydrogen) atoms. The summed E-state index contributed by atoms with van der Waals surface area (Å²) in [6, 6.07) is 6.86. The van der Waals surface area contributed by atoms with E-state index in [4.69, 9.17) is 0 Å². The second-order valence-corrected chi connectivity index (χ2v) is 8.19. The standard InChI is InChI=1S/C18H23N5/c1-15(2)7-13(22-17(15,5)10-20)12(9-19)14-8-16(3,4)18(6,11-21)23-14/h22H,7-8H2,1-6H3/b13-12-. The number of nitriles is 3. The van der Waals surface area contributed by atoms with Gasteiger partial charge >= 0.3 is 0 Å². The highest BCUT2D eigenvalue weighted by molar-refractivity contribution is 6.06. The number of nitrogens with one attached hydrogen (secondary N) is 1. The van der Waals surface area contributed by atoms with Crippen molar-refractivity contribution in [3.63, 3.8) is 0 Å². The van der Waals surface area contributed by atoms with Crippen LogP contribution in [0.15, 0.2) is 16.3 Å². The minimum atomic E-state index is -0.836. The smallest absolute Gasteiger partial charge is 0.149 e. The molecule has 1 saturated heterocycles. The Bertz CT molecular complexity index is 735. The number of hydrogen-bond donors (Lipinski definition) is 1. The van der Waals surface area contributed by atoms with E-state index in [1.165, 1.54) is 0 Å². The molecule has 0 radical (unpaired) electrons. The lowest BCUT2D eigenvalue weighted by atomic mass is 9.73. The van der Waals surface area contributed by atoms with E-state index in [1.807, 2.05) is 41.5 Å². The van der Waals surface area contributed by atoms with Crippen LogP contribution in [-0.4, -0.2) is 16.8 Å². The maximum absolute atomic E-state index is 9.68. The molecule has 1 N–H and O–H groups in total. The molecule has 0 amide bonds. The van der Waals surface area contributed by atoms with Gasteiger partial charge in [0.1, 0.15) is 17.1 Å². The zero-order chi connectivity index (χ0) is 17.7. The van der Waals surface area contributed by atoms with Crippen molar-refractivity contribution in [2.24, 2.45) is 15.8 Å². The Balaban J connectivity index is 2.53. The Morgan fingerprint density at radius 2 is 1.57 bits per heavy atom. The molecule has 0 aliphatic carbocycles. The molecule has 2 heterocycles. The van der Waals surface area contributed by atoms with Crippen molar-refractivity contribution >= 4 is 5.71 Å². The topological polar surface area (TPSA) is 95.8 Å². The highest BCUT2D eigenvalue weighted by Crippen LogP contribution is 2.47. The summed E-state index contributed by atoms with van der Waals surface area (Å²) in [5.41, 5.74) is -0.252. The fourth-order valence-electron chi connectivity index (χ4n) is 3.14. The molecule has 120 valence electrons.